The molecule has 4 N–H and O–H groups in total. The van der Waals surface area contributed by atoms with Crippen LogP contribution in [0.1, 0.15) is 23.2 Å². The lowest BCUT2D eigenvalue weighted by atomic mass is 10.1. The number of nitrogen functional groups attached to an aromatic ring is 1. The number of carbonyl (C=O) groups excluding carboxylic acids is 3. The molecule has 0 aromatic heterocycles. The zero-order valence-electron chi connectivity index (χ0n) is 9.90. The quantitative estimate of drug-likeness (QED) is 0.515. The van der Waals surface area contributed by atoms with Gasteiger partial charge in [-0.25, -0.2) is 4.39 Å². The molecule has 100 valence electrons. The molecule has 0 aliphatic carbocycles. The molecule has 1 aliphatic heterocycles. The van der Waals surface area contributed by atoms with Crippen molar-refractivity contribution in [1.29, 1.82) is 0 Å². The Morgan fingerprint density at radius 2 is 2.16 bits per heavy atom. The van der Waals surface area contributed by atoms with Gasteiger partial charge < -0.3 is 11.1 Å². The molecule has 1 saturated heterocycles. The van der Waals surface area contributed by atoms with Crippen LogP contribution >= 0.6 is 0 Å². The summed E-state index contributed by atoms with van der Waals surface area (Å²) >= 11 is 0. The molecule has 0 saturated carbocycles. The van der Waals surface area contributed by atoms with E-state index in [9.17, 15) is 18.8 Å². The number of carbonyl (C=O) groups is 3. The number of anilines is 1. The minimum Gasteiger partial charge on any atom is -0.396 e. The molecule has 1 unspecified atom stereocenters. The van der Waals surface area contributed by atoms with Crippen LogP contribution in [-0.2, 0) is 9.59 Å². The third kappa shape index (κ3) is 2.87. The minimum absolute atomic E-state index is 0.143. The molecule has 1 aromatic carbocycles. The lowest BCUT2D eigenvalue weighted by Gasteiger charge is -2.21. The van der Waals surface area contributed by atoms with Crippen LogP contribution in [0.25, 0.3) is 0 Å². The van der Waals surface area contributed by atoms with Crippen molar-refractivity contribution in [3.8, 4) is 0 Å². The summed E-state index contributed by atoms with van der Waals surface area (Å²) in [6.45, 7) is 0. The van der Waals surface area contributed by atoms with E-state index in [1.807, 2.05) is 0 Å². The van der Waals surface area contributed by atoms with Crippen LogP contribution in [0.2, 0.25) is 0 Å². The summed E-state index contributed by atoms with van der Waals surface area (Å²) in [7, 11) is 0. The van der Waals surface area contributed by atoms with Crippen LogP contribution in [0, 0.1) is 5.82 Å². The van der Waals surface area contributed by atoms with Gasteiger partial charge in [0.25, 0.3) is 5.91 Å². The zero-order valence-corrected chi connectivity index (χ0v) is 9.90. The van der Waals surface area contributed by atoms with Gasteiger partial charge in [0.15, 0.2) is 0 Å². The van der Waals surface area contributed by atoms with Crippen LogP contribution in [0.4, 0.5) is 10.1 Å². The van der Waals surface area contributed by atoms with Crippen molar-refractivity contribution >= 4 is 23.4 Å². The maximum absolute atomic E-state index is 13.0. The molecule has 1 fully saturated rings. The third-order valence-corrected chi connectivity index (χ3v) is 2.80. The van der Waals surface area contributed by atoms with Crippen molar-refractivity contribution in [2.24, 2.45) is 0 Å². The second kappa shape index (κ2) is 5.05. The van der Waals surface area contributed by atoms with Gasteiger partial charge >= 0.3 is 0 Å². The topological polar surface area (TPSA) is 101 Å². The van der Waals surface area contributed by atoms with Crippen molar-refractivity contribution in [2.45, 2.75) is 18.9 Å². The van der Waals surface area contributed by atoms with Gasteiger partial charge in [-0.1, -0.05) is 0 Å². The van der Waals surface area contributed by atoms with Gasteiger partial charge in [0.2, 0.25) is 11.8 Å². The van der Waals surface area contributed by atoms with Gasteiger partial charge in [-0.15, -0.1) is 0 Å². The van der Waals surface area contributed by atoms with E-state index in [1.165, 1.54) is 12.1 Å². The average Bonchev–Trinajstić information content (AvgIpc) is 2.36. The number of amides is 3. The predicted molar refractivity (Wildman–Crippen MR) is 64.5 cm³/mol. The van der Waals surface area contributed by atoms with Gasteiger partial charge in [-0.05, 0) is 24.6 Å². The number of nitrogens with two attached hydrogens (primary N) is 1. The Kier molecular flexibility index (Phi) is 3.46. The summed E-state index contributed by atoms with van der Waals surface area (Å²) < 4.78 is 13.0. The summed E-state index contributed by atoms with van der Waals surface area (Å²) in [5.41, 5.74) is 5.37. The summed E-state index contributed by atoms with van der Waals surface area (Å²) in [5, 5.41) is 4.60. The van der Waals surface area contributed by atoms with Crippen LogP contribution in [0.5, 0.6) is 0 Å². The molecule has 2 rings (SSSR count). The lowest BCUT2D eigenvalue weighted by Crippen LogP contribution is -2.52. The molecule has 1 aliphatic rings. The van der Waals surface area contributed by atoms with Crippen LogP contribution in [0.3, 0.4) is 0 Å². The van der Waals surface area contributed by atoms with E-state index >= 15 is 0 Å². The molecule has 7 heteroatoms. The molecule has 1 heterocycles. The van der Waals surface area contributed by atoms with E-state index in [4.69, 9.17) is 5.73 Å². The molecule has 1 atom stereocenters. The Balaban J connectivity index is 2.06. The Morgan fingerprint density at radius 1 is 1.42 bits per heavy atom. The van der Waals surface area contributed by atoms with Gasteiger partial charge in [0, 0.05) is 12.0 Å². The first-order valence-electron chi connectivity index (χ1n) is 5.67. The lowest BCUT2D eigenvalue weighted by molar-refractivity contribution is -0.134. The number of piperidine rings is 1. The van der Waals surface area contributed by atoms with Crippen molar-refractivity contribution < 1.29 is 18.8 Å². The Labute approximate surface area is 108 Å². The monoisotopic (exact) mass is 265 g/mol. The third-order valence-electron chi connectivity index (χ3n) is 2.80. The fourth-order valence-electron chi connectivity index (χ4n) is 1.76. The molecule has 19 heavy (non-hydrogen) atoms. The first-order chi connectivity index (χ1) is 8.97. The standard InChI is InChI=1S/C12H12FN3O3/c13-7-2-1-6(5-8(7)14)11(18)15-9-3-4-10(17)16-12(9)19/h1-2,5,9H,3-4,14H2,(H,15,18)(H,16,17,19). The highest BCUT2D eigenvalue weighted by Gasteiger charge is 2.28. The van der Waals surface area contributed by atoms with Gasteiger partial charge in [-0.3, -0.25) is 19.7 Å². The normalized spacial score (nSPS) is 18.9. The first kappa shape index (κ1) is 13.0. The molecule has 0 bridgehead atoms. The molecular formula is C12H12FN3O3. The maximum atomic E-state index is 13.0. The van der Waals surface area contributed by atoms with E-state index in [0.29, 0.717) is 0 Å². The fourth-order valence-corrected chi connectivity index (χ4v) is 1.76. The average molecular weight is 265 g/mol. The molecule has 6 nitrogen and oxygen atoms in total. The Hall–Kier alpha value is -2.44. The van der Waals surface area contributed by atoms with Gasteiger partial charge in [0.05, 0.1) is 5.69 Å². The first-order valence-corrected chi connectivity index (χ1v) is 5.67. The van der Waals surface area contributed by atoms with E-state index in [0.717, 1.165) is 6.07 Å². The Morgan fingerprint density at radius 3 is 2.79 bits per heavy atom. The minimum atomic E-state index is -0.767. The molecule has 0 radical (unpaired) electrons. The summed E-state index contributed by atoms with van der Waals surface area (Å²) in [6, 6.07) is 2.77. The van der Waals surface area contributed by atoms with E-state index in [1.54, 1.807) is 0 Å². The highest BCUT2D eigenvalue weighted by molar-refractivity contribution is 6.03. The van der Waals surface area contributed by atoms with Crippen LogP contribution in [-0.4, -0.2) is 23.8 Å². The van der Waals surface area contributed by atoms with Crippen molar-refractivity contribution in [1.82, 2.24) is 10.6 Å². The summed E-state index contributed by atoms with van der Waals surface area (Å²) in [4.78, 5) is 34.3. The van der Waals surface area contributed by atoms with Crippen LogP contribution in [0.15, 0.2) is 18.2 Å². The van der Waals surface area contributed by atoms with E-state index in [-0.39, 0.29) is 30.0 Å². The van der Waals surface area contributed by atoms with Crippen molar-refractivity contribution in [3.05, 3.63) is 29.6 Å². The number of halogens is 1. The smallest absolute Gasteiger partial charge is 0.252 e. The maximum Gasteiger partial charge on any atom is 0.252 e. The van der Waals surface area contributed by atoms with E-state index < -0.39 is 23.7 Å². The number of imide groups is 1. The summed E-state index contributed by atoms with van der Waals surface area (Å²) in [6.07, 6.45) is 0.412. The Bertz CT molecular complexity index is 559. The molecule has 3 amide bonds. The second-order valence-electron chi connectivity index (χ2n) is 4.21. The van der Waals surface area contributed by atoms with Crippen molar-refractivity contribution in [3.63, 3.8) is 0 Å². The molecular weight excluding hydrogens is 253 g/mol. The molecule has 0 spiro atoms. The number of rotatable bonds is 2. The summed E-state index contributed by atoms with van der Waals surface area (Å²) in [5.74, 6) is -2.06. The fraction of sp³-hybridized carbons (Fsp3) is 0.250. The highest BCUT2D eigenvalue weighted by atomic mass is 19.1. The predicted octanol–water partition coefficient (Wildman–Crippen LogP) is -0.0571. The number of nitrogens with one attached hydrogen (secondary N) is 2. The second-order valence-corrected chi connectivity index (χ2v) is 4.21. The zero-order chi connectivity index (χ0) is 14.0. The number of benzene rings is 1. The number of hydrogen-bond donors (Lipinski definition) is 3. The van der Waals surface area contributed by atoms with Crippen LogP contribution < -0.4 is 16.4 Å². The van der Waals surface area contributed by atoms with Crippen molar-refractivity contribution in [2.75, 3.05) is 5.73 Å². The van der Waals surface area contributed by atoms with Gasteiger partial charge in [-0.2, -0.15) is 0 Å². The number of hydrogen-bond acceptors (Lipinski definition) is 4. The highest BCUT2D eigenvalue weighted by Crippen LogP contribution is 2.13. The SMILES string of the molecule is Nc1cc(C(=O)NC2CCC(=O)NC2=O)ccc1F. The largest absolute Gasteiger partial charge is 0.396 e. The molecule has 1 aromatic rings. The van der Waals surface area contributed by atoms with E-state index in [2.05, 4.69) is 10.6 Å². The van der Waals surface area contributed by atoms with Gasteiger partial charge in [0.1, 0.15) is 11.9 Å².